The van der Waals surface area contributed by atoms with E-state index in [0.717, 1.165) is 31.5 Å². The van der Waals surface area contributed by atoms with E-state index in [-0.39, 0.29) is 23.7 Å². The molecular formula is C14H19N3O2. The van der Waals surface area contributed by atoms with Gasteiger partial charge >= 0.3 is 0 Å². The van der Waals surface area contributed by atoms with E-state index in [1.165, 1.54) is 4.90 Å². The van der Waals surface area contributed by atoms with E-state index in [9.17, 15) is 9.59 Å². The summed E-state index contributed by atoms with van der Waals surface area (Å²) in [4.78, 5) is 33.1. The van der Waals surface area contributed by atoms with Gasteiger partial charge in [-0.15, -0.1) is 0 Å². The highest BCUT2D eigenvalue weighted by atomic mass is 16.2. The van der Waals surface area contributed by atoms with Gasteiger partial charge in [-0.25, -0.2) is 4.98 Å². The van der Waals surface area contributed by atoms with Crippen LogP contribution in [0.15, 0.2) is 12.4 Å². The Labute approximate surface area is 112 Å². The third kappa shape index (κ3) is 2.17. The predicted molar refractivity (Wildman–Crippen MR) is 69.0 cm³/mol. The van der Waals surface area contributed by atoms with Crippen molar-refractivity contribution in [2.45, 2.75) is 32.6 Å². The van der Waals surface area contributed by atoms with Gasteiger partial charge in [0.15, 0.2) is 0 Å². The van der Waals surface area contributed by atoms with Gasteiger partial charge < -0.3 is 4.98 Å². The Hall–Kier alpha value is -1.65. The van der Waals surface area contributed by atoms with Gasteiger partial charge in [-0.05, 0) is 25.2 Å². The molecule has 3 rings (SSSR count). The first-order chi connectivity index (χ1) is 9.16. The second-order valence-corrected chi connectivity index (χ2v) is 5.76. The number of likely N-dealkylation sites (tertiary alicyclic amines) is 1. The standard InChI is InChI=1S/C14H19N3O2/c1-9-7-10-11(8-9)14(19)17(13(10)18)6-2-3-12-15-4-5-16-12/h4-5,9-11H,2-3,6-8H2,1H3,(H,15,16). The number of aromatic nitrogens is 2. The van der Waals surface area contributed by atoms with Gasteiger partial charge in [0.1, 0.15) is 5.82 Å². The second kappa shape index (κ2) is 4.79. The smallest absolute Gasteiger partial charge is 0.233 e. The van der Waals surface area contributed by atoms with Crippen LogP contribution in [0.2, 0.25) is 0 Å². The van der Waals surface area contributed by atoms with Crippen LogP contribution in [0.1, 0.15) is 32.0 Å². The zero-order valence-electron chi connectivity index (χ0n) is 11.1. The van der Waals surface area contributed by atoms with Crippen molar-refractivity contribution in [1.29, 1.82) is 0 Å². The lowest BCUT2D eigenvalue weighted by molar-refractivity contribution is -0.140. The SMILES string of the molecule is CC1CC2C(=O)N(CCCc3ncc[nH]3)C(=O)C2C1. The minimum Gasteiger partial charge on any atom is -0.349 e. The Bertz CT molecular complexity index is 459. The minimum absolute atomic E-state index is 0.0360. The number of imidazole rings is 1. The largest absolute Gasteiger partial charge is 0.349 e. The molecule has 5 heteroatoms. The molecule has 2 aliphatic rings. The number of aryl methyl sites for hydroxylation is 1. The predicted octanol–water partition coefficient (Wildman–Crippen LogP) is 1.37. The molecular weight excluding hydrogens is 242 g/mol. The molecule has 2 atom stereocenters. The number of H-pyrrole nitrogens is 1. The molecule has 1 aromatic heterocycles. The second-order valence-electron chi connectivity index (χ2n) is 5.76. The molecule has 1 saturated heterocycles. The zero-order valence-corrected chi connectivity index (χ0v) is 11.1. The number of aromatic amines is 1. The summed E-state index contributed by atoms with van der Waals surface area (Å²) in [6, 6.07) is 0. The molecule has 2 fully saturated rings. The summed E-state index contributed by atoms with van der Waals surface area (Å²) in [7, 11) is 0. The summed E-state index contributed by atoms with van der Waals surface area (Å²) in [6.45, 7) is 2.65. The van der Waals surface area contributed by atoms with Crippen molar-refractivity contribution >= 4 is 11.8 Å². The number of rotatable bonds is 4. The average molecular weight is 261 g/mol. The molecule has 0 spiro atoms. The molecule has 0 bridgehead atoms. The molecule has 1 aliphatic heterocycles. The van der Waals surface area contributed by atoms with Gasteiger partial charge in [0.25, 0.3) is 0 Å². The number of hydrogen-bond acceptors (Lipinski definition) is 3. The van der Waals surface area contributed by atoms with E-state index in [4.69, 9.17) is 0 Å². The van der Waals surface area contributed by atoms with E-state index in [1.807, 2.05) is 0 Å². The summed E-state index contributed by atoms with van der Waals surface area (Å²) in [5.74, 6) is 1.45. The summed E-state index contributed by atoms with van der Waals surface area (Å²) < 4.78 is 0. The summed E-state index contributed by atoms with van der Waals surface area (Å²) >= 11 is 0. The van der Waals surface area contributed by atoms with E-state index < -0.39 is 0 Å². The van der Waals surface area contributed by atoms with Gasteiger partial charge in [0.05, 0.1) is 11.8 Å². The highest BCUT2D eigenvalue weighted by Gasteiger charge is 2.51. The molecule has 1 aromatic rings. The maximum atomic E-state index is 12.2. The molecule has 19 heavy (non-hydrogen) atoms. The van der Waals surface area contributed by atoms with E-state index in [0.29, 0.717) is 12.5 Å². The maximum Gasteiger partial charge on any atom is 0.233 e. The Morgan fingerprint density at radius 1 is 1.32 bits per heavy atom. The third-order valence-corrected chi connectivity index (χ3v) is 4.31. The van der Waals surface area contributed by atoms with Crippen LogP contribution in [0.5, 0.6) is 0 Å². The van der Waals surface area contributed by atoms with Crippen molar-refractivity contribution < 1.29 is 9.59 Å². The van der Waals surface area contributed by atoms with Crippen LogP contribution in [0, 0.1) is 17.8 Å². The topological polar surface area (TPSA) is 66.1 Å². The molecule has 1 aliphatic carbocycles. The van der Waals surface area contributed by atoms with Crippen molar-refractivity contribution in [3.05, 3.63) is 18.2 Å². The highest BCUT2D eigenvalue weighted by Crippen LogP contribution is 2.42. The first-order valence-corrected chi connectivity index (χ1v) is 7.00. The molecule has 2 unspecified atom stereocenters. The van der Waals surface area contributed by atoms with Crippen molar-refractivity contribution in [2.24, 2.45) is 17.8 Å². The third-order valence-electron chi connectivity index (χ3n) is 4.31. The molecule has 102 valence electrons. The molecule has 0 aromatic carbocycles. The number of nitrogens with zero attached hydrogens (tertiary/aromatic N) is 2. The molecule has 1 N–H and O–H groups in total. The fraction of sp³-hybridized carbons (Fsp3) is 0.643. The molecule has 2 heterocycles. The Balaban J connectivity index is 1.57. The quantitative estimate of drug-likeness (QED) is 0.832. The average Bonchev–Trinajstić information content (AvgIpc) is 3.05. The normalized spacial score (nSPS) is 30.2. The molecule has 0 radical (unpaired) electrons. The van der Waals surface area contributed by atoms with Gasteiger partial charge in [-0.3, -0.25) is 14.5 Å². The van der Waals surface area contributed by atoms with Crippen molar-refractivity contribution in [3.8, 4) is 0 Å². The Morgan fingerprint density at radius 2 is 2.00 bits per heavy atom. The fourth-order valence-electron chi connectivity index (χ4n) is 3.41. The summed E-state index contributed by atoms with van der Waals surface area (Å²) in [5.41, 5.74) is 0. The van der Waals surface area contributed by atoms with Crippen LogP contribution in [-0.4, -0.2) is 33.2 Å². The van der Waals surface area contributed by atoms with E-state index in [1.54, 1.807) is 12.4 Å². The van der Waals surface area contributed by atoms with Gasteiger partial charge in [-0.1, -0.05) is 6.92 Å². The van der Waals surface area contributed by atoms with Crippen molar-refractivity contribution in [2.75, 3.05) is 6.54 Å². The number of carbonyl (C=O) groups excluding carboxylic acids is 2. The zero-order chi connectivity index (χ0) is 13.4. The lowest BCUT2D eigenvalue weighted by atomic mass is 10.00. The number of imide groups is 1. The molecule has 2 amide bonds. The van der Waals surface area contributed by atoms with Crippen LogP contribution in [0.3, 0.4) is 0 Å². The number of nitrogens with one attached hydrogen (secondary N) is 1. The Morgan fingerprint density at radius 3 is 2.58 bits per heavy atom. The van der Waals surface area contributed by atoms with E-state index in [2.05, 4.69) is 16.9 Å². The molecule has 5 nitrogen and oxygen atoms in total. The number of amides is 2. The van der Waals surface area contributed by atoms with Crippen molar-refractivity contribution in [1.82, 2.24) is 14.9 Å². The van der Waals surface area contributed by atoms with Crippen LogP contribution >= 0.6 is 0 Å². The van der Waals surface area contributed by atoms with Gasteiger partial charge in [0.2, 0.25) is 11.8 Å². The lowest BCUT2D eigenvalue weighted by Crippen LogP contribution is -2.33. The minimum atomic E-state index is -0.0360. The summed E-state index contributed by atoms with van der Waals surface area (Å²) in [6.07, 6.45) is 6.81. The maximum absolute atomic E-state index is 12.2. The first kappa shape index (κ1) is 12.4. The highest BCUT2D eigenvalue weighted by molar-refractivity contribution is 6.05. The van der Waals surface area contributed by atoms with Crippen LogP contribution in [-0.2, 0) is 16.0 Å². The Kier molecular flexibility index (Phi) is 3.12. The van der Waals surface area contributed by atoms with Crippen molar-refractivity contribution in [3.63, 3.8) is 0 Å². The van der Waals surface area contributed by atoms with Gasteiger partial charge in [-0.2, -0.15) is 0 Å². The first-order valence-electron chi connectivity index (χ1n) is 7.00. The van der Waals surface area contributed by atoms with Crippen LogP contribution in [0.25, 0.3) is 0 Å². The number of hydrogen-bond donors (Lipinski definition) is 1. The monoisotopic (exact) mass is 261 g/mol. The summed E-state index contributed by atoms with van der Waals surface area (Å²) in [5, 5.41) is 0. The number of fused-ring (bicyclic) bond motifs is 1. The van der Waals surface area contributed by atoms with Crippen LogP contribution < -0.4 is 0 Å². The fourth-order valence-corrected chi connectivity index (χ4v) is 3.41. The van der Waals surface area contributed by atoms with Gasteiger partial charge in [0, 0.05) is 25.4 Å². The number of carbonyl (C=O) groups is 2. The van der Waals surface area contributed by atoms with Crippen LogP contribution in [0.4, 0.5) is 0 Å². The van der Waals surface area contributed by atoms with E-state index >= 15 is 0 Å². The molecule has 1 saturated carbocycles. The lowest BCUT2D eigenvalue weighted by Gasteiger charge is -2.16.